The smallest absolute Gasteiger partial charge is 0.244 e. The Balaban J connectivity index is 1.72. The van der Waals surface area contributed by atoms with E-state index in [-0.39, 0.29) is 39.8 Å². The van der Waals surface area contributed by atoms with Gasteiger partial charge >= 0.3 is 0 Å². The van der Waals surface area contributed by atoms with Crippen molar-refractivity contribution in [3.05, 3.63) is 81.7 Å². The molecule has 0 unspecified atom stereocenters. The summed E-state index contributed by atoms with van der Waals surface area (Å²) in [7, 11) is 0. The van der Waals surface area contributed by atoms with Crippen molar-refractivity contribution in [3.8, 4) is 5.75 Å². The predicted molar refractivity (Wildman–Crippen MR) is 91.4 cm³/mol. The summed E-state index contributed by atoms with van der Waals surface area (Å²) in [5.74, 6) is -2.04. The van der Waals surface area contributed by atoms with Crippen molar-refractivity contribution in [3.63, 3.8) is 0 Å². The van der Waals surface area contributed by atoms with Crippen molar-refractivity contribution in [2.75, 3.05) is 0 Å². The van der Waals surface area contributed by atoms with Gasteiger partial charge in [0.25, 0.3) is 0 Å². The highest BCUT2D eigenvalue weighted by Gasteiger charge is 2.07. The highest BCUT2D eigenvalue weighted by Crippen LogP contribution is 2.18. The molecule has 0 radical (unpaired) electrons. The molecular weight excluding hydrogens is 344 g/mol. The molecule has 2 aromatic carbocycles. The molecule has 2 N–H and O–H groups in total. The summed E-state index contributed by atoms with van der Waals surface area (Å²) in [5, 5.41) is 12.1. The highest BCUT2D eigenvalue weighted by molar-refractivity contribution is 5.92. The van der Waals surface area contributed by atoms with Crippen LogP contribution in [0.15, 0.2) is 57.9 Å². The van der Waals surface area contributed by atoms with Crippen molar-refractivity contribution >= 4 is 23.0 Å². The molecule has 0 aliphatic rings. The molecule has 0 spiro atoms. The van der Waals surface area contributed by atoms with E-state index in [4.69, 9.17) is 4.42 Å². The van der Waals surface area contributed by atoms with E-state index in [1.54, 1.807) is 0 Å². The van der Waals surface area contributed by atoms with Crippen LogP contribution in [0.3, 0.4) is 0 Å². The van der Waals surface area contributed by atoms with Crippen LogP contribution in [-0.4, -0.2) is 11.0 Å². The van der Waals surface area contributed by atoms with Crippen LogP contribution in [0.25, 0.3) is 17.0 Å². The third-order valence-corrected chi connectivity index (χ3v) is 3.67. The van der Waals surface area contributed by atoms with Crippen LogP contribution in [-0.2, 0) is 11.3 Å². The number of aromatic hydroxyl groups is 1. The fourth-order valence-electron chi connectivity index (χ4n) is 2.32. The van der Waals surface area contributed by atoms with E-state index >= 15 is 0 Å². The molecule has 0 saturated carbocycles. The summed E-state index contributed by atoms with van der Waals surface area (Å²) in [5.41, 5.74) is 0.146. The number of hydrogen-bond donors (Lipinski definition) is 2. The summed E-state index contributed by atoms with van der Waals surface area (Å²) < 4.78 is 31.6. The normalized spacial score (nSPS) is 11.2. The summed E-state index contributed by atoms with van der Waals surface area (Å²) in [6.07, 6.45) is 3.56. The molecule has 5 nitrogen and oxygen atoms in total. The number of hydrogen-bond acceptors (Lipinski definition) is 4. The quantitative estimate of drug-likeness (QED) is 0.703. The summed E-state index contributed by atoms with van der Waals surface area (Å²) in [4.78, 5) is 24.1. The van der Waals surface area contributed by atoms with Gasteiger partial charge in [-0.2, -0.15) is 0 Å². The summed E-state index contributed by atoms with van der Waals surface area (Å²) >= 11 is 0. The molecule has 0 bridgehead atoms. The van der Waals surface area contributed by atoms with Crippen molar-refractivity contribution < 1.29 is 23.1 Å². The number of rotatable bonds is 4. The molecule has 7 heteroatoms. The first-order valence-corrected chi connectivity index (χ1v) is 7.58. The second-order valence-electron chi connectivity index (χ2n) is 5.49. The lowest BCUT2D eigenvalue weighted by Gasteiger charge is -2.04. The molecule has 0 saturated heterocycles. The zero-order valence-electron chi connectivity index (χ0n) is 13.3. The van der Waals surface area contributed by atoms with Crippen LogP contribution in [0.4, 0.5) is 8.78 Å². The minimum absolute atomic E-state index is 0.0312. The van der Waals surface area contributed by atoms with Gasteiger partial charge in [-0.05, 0) is 24.3 Å². The first kappa shape index (κ1) is 17.3. The molecule has 1 heterocycles. The maximum atomic E-state index is 13.5. The number of carbonyl (C=O) groups excluding carboxylic acids is 1. The number of amides is 1. The van der Waals surface area contributed by atoms with Gasteiger partial charge in [-0.3, -0.25) is 9.59 Å². The molecule has 26 heavy (non-hydrogen) atoms. The molecule has 0 aliphatic carbocycles. The molecule has 3 rings (SSSR count). The summed E-state index contributed by atoms with van der Waals surface area (Å²) in [6.45, 7) is -0.124. The fourth-order valence-corrected chi connectivity index (χ4v) is 2.32. The van der Waals surface area contributed by atoms with E-state index < -0.39 is 17.5 Å². The van der Waals surface area contributed by atoms with Crippen molar-refractivity contribution in [2.24, 2.45) is 0 Å². The van der Waals surface area contributed by atoms with Crippen LogP contribution in [0, 0.1) is 11.6 Å². The fraction of sp³-hybridized carbons (Fsp3) is 0.0526. The van der Waals surface area contributed by atoms with Crippen molar-refractivity contribution in [1.82, 2.24) is 5.32 Å². The van der Waals surface area contributed by atoms with Crippen LogP contribution in [0.5, 0.6) is 5.75 Å². The standard InChI is InChI=1S/C19H13F2NO4/c20-13-3-1-11(16(21)7-13)9-22-18(24)6-2-12-10-26-17-8-14(23)4-5-15(17)19(12)25/h1-8,10,23H,9H2,(H,22,24)/b6-2+. The van der Waals surface area contributed by atoms with E-state index in [9.17, 15) is 23.5 Å². The second-order valence-corrected chi connectivity index (χ2v) is 5.49. The van der Waals surface area contributed by atoms with Crippen LogP contribution >= 0.6 is 0 Å². The van der Waals surface area contributed by atoms with Gasteiger partial charge < -0.3 is 14.8 Å². The summed E-state index contributed by atoms with van der Waals surface area (Å²) in [6, 6.07) is 7.16. The number of phenolic OH excluding ortho intramolecular Hbond substituents is 1. The Morgan fingerprint density at radius 3 is 2.77 bits per heavy atom. The van der Waals surface area contributed by atoms with Gasteiger partial charge in [0.05, 0.1) is 10.9 Å². The van der Waals surface area contributed by atoms with Gasteiger partial charge in [0.1, 0.15) is 29.2 Å². The number of phenols is 1. The SMILES string of the molecule is O=C(/C=C/c1coc2cc(O)ccc2c1=O)NCc1ccc(F)cc1F. The van der Waals surface area contributed by atoms with Crippen LogP contribution < -0.4 is 10.7 Å². The van der Waals surface area contributed by atoms with Gasteiger partial charge in [-0.15, -0.1) is 0 Å². The molecule has 0 aliphatic heterocycles. The zero-order valence-corrected chi connectivity index (χ0v) is 13.3. The number of carbonyl (C=O) groups is 1. The number of fused-ring (bicyclic) bond motifs is 1. The second kappa shape index (κ2) is 7.18. The predicted octanol–water partition coefficient (Wildman–Crippen LogP) is 3.11. The topological polar surface area (TPSA) is 79.5 Å². The Labute approximate surface area is 146 Å². The minimum Gasteiger partial charge on any atom is -0.508 e. The van der Waals surface area contributed by atoms with Crippen LogP contribution in [0.2, 0.25) is 0 Å². The Bertz CT molecular complexity index is 1070. The van der Waals surface area contributed by atoms with E-state index in [2.05, 4.69) is 5.32 Å². The molecule has 132 valence electrons. The molecule has 0 fully saturated rings. The van der Waals surface area contributed by atoms with E-state index in [0.717, 1.165) is 18.2 Å². The lowest BCUT2D eigenvalue weighted by atomic mass is 10.1. The average molecular weight is 357 g/mol. The van der Waals surface area contributed by atoms with E-state index in [0.29, 0.717) is 0 Å². The number of halogens is 2. The lowest BCUT2D eigenvalue weighted by molar-refractivity contribution is -0.116. The number of nitrogens with one attached hydrogen (secondary N) is 1. The largest absolute Gasteiger partial charge is 0.508 e. The number of benzene rings is 2. The Morgan fingerprint density at radius 1 is 1.19 bits per heavy atom. The lowest BCUT2D eigenvalue weighted by Crippen LogP contribution is -2.21. The molecule has 3 aromatic rings. The minimum atomic E-state index is -0.757. The van der Waals surface area contributed by atoms with Gasteiger partial charge in [0.15, 0.2) is 5.43 Å². The molecule has 1 aromatic heterocycles. The van der Waals surface area contributed by atoms with Gasteiger partial charge in [0, 0.05) is 30.3 Å². The average Bonchev–Trinajstić information content (AvgIpc) is 2.60. The van der Waals surface area contributed by atoms with Gasteiger partial charge in [-0.1, -0.05) is 6.07 Å². The van der Waals surface area contributed by atoms with E-state index in [1.807, 2.05) is 0 Å². The Kier molecular flexibility index (Phi) is 4.79. The first-order valence-electron chi connectivity index (χ1n) is 7.58. The first-order chi connectivity index (χ1) is 12.4. The molecular formula is C19H13F2NO4. The third-order valence-electron chi connectivity index (χ3n) is 3.67. The van der Waals surface area contributed by atoms with E-state index in [1.165, 1.54) is 36.6 Å². The van der Waals surface area contributed by atoms with Crippen molar-refractivity contribution in [1.29, 1.82) is 0 Å². The molecule has 1 amide bonds. The molecule has 0 atom stereocenters. The Hall–Kier alpha value is -3.48. The maximum absolute atomic E-state index is 13.5. The zero-order chi connectivity index (χ0) is 18.7. The maximum Gasteiger partial charge on any atom is 0.244 e. The van der Waals surface area contributed by atoms with Crippen LogP contribution in [0.1, 0.15) is 11.1 Å². The highest BCUT2D eigenvalue weighted by atomic mass is 19.1. The van der Waals surface area contributed by atoms with Crippen molar-refractivity contribution in [2.45, 2.75) is 6.54 Å². The third kappa shape index (κ3) is 3.77. The van der Waals surface area contributed by atoms with Gasteiger partial charge in [0.2, 0.25) is 5.91 Å². The monoisotopic (exact) mass is 357 g/mol. The van der Waals surface area contributed by atoms with Gasteiger partial charge in [-0.25, -0.2) is 8.78 Å². The Morgan fingerprint density at radius 2 is 2.00 bits per heavy atom.